The van der Waals surface area contributed by atoms with Gasteiger partial charge in [-0.15, -0.1) is 0 Å². The van der Waals surface area contributed by atoms with Crippen molar-refractivity contribution in [3.63, 3.8) is 0 Å². The Hall–Kier alpha value is -1.64. The molecule has 0 saturated carbocycles. The summed E-state index contributed by atoms with van der Waals surface area (Å²) in [6, 6.07) is 11.2. The first-order chi connectivity index (χ1) is 13.9. The van der Waals surface area contributed by atoms with Gasteiger partial charge in [-0.1, -0.05) is 37.3 Å². The number of nitrogens with zero attached hydrogens (tertiary/aromatic N) is 4. The first kappa shape index (κ1) is 22.1. The number of aliphatic imine (C=N–C) groups is 1. The third-order valence-corrected chi connectivity index (χ3v) is 7.42. The Morgan fingerprint density at radius 1 is 1.17 bits per heavy atom. The molecule has 1 aromatic carbocycles. The van der Waals surface area contributed by atoms with Gasteiger partial charge in [-0.2, -0.15) is 4.31 Å². The van der Waals surface area contributed by atoms with Crippen LogP contribution in [0.3, 0.4) is 0 Å². The number of rotatable bonds is 6. The maximum atomic E-state index is 12.0. The summed E-state index contributed by atoms with van der Waals surface area (Å²) in [6.07, 6.45) is 4.23. The lowest BCUT2D eigenvalue weighted by atomic mass is 10.0. The van der Waals surface area contributed by atoms with Gasteiger partial charge in [0.25, 0.3) is 0 Å². The van der Waals surface area contributed by atoms with Crippen LogP contribution < -0.4 is 5.32 Å². The SMILES string of the molecule is CCC(c1ccccc1)N1CCN(C(=NC)NC[C@H]2CCCN2S(C)(=O)=O)CC1. The number of hydrogen-bond donors (Lipinski definition) is 1. The average Bonchev–Trinajstić information content (AvgIpc) is 3.20. The minimum atomic E-state index is -3.14. The van der Waals surface area contributed by atoms with Crippen molar-refractivity contribution in [2.75, 3.05) is 52.6 Å². The Bertz CT molecular complexity index is 776. The van der Waals surface area contributed by atoms with Gasteiger partial charge in [-0.05, 0) is 24.8 Å². The normalized spacial score (nSPS) is 23.3. The van der Waals surface area contributed by atoms with Crippen molar-refractivity contribution < 1.29 is 8.42 Å². The molecule has 2 saturated heterocycles. The van der Waals surface area contributed by atoms with Crippen LogP contribution in [0.2, 0.25) is 0 Å². The van der Waals surface area contributed by atoms with Crippen LogP contribution in [0.5, 0.6) is 0 Å². The van der Waals surface area contributed by atoms with Gasteiger partial charge < -0.3 is 10.2 Å². The molecule has 2 aliphatic heterocycles. The first-order valence-corrected chi connectivity index (χ1v) is 12.5. The van der Waals surface area contributed by atoms with Crippen LogP contribution in [0, 0.1) is 0 Å². The summed E-state index contributed by atoms with van der Waals surface area (Å²) < 4.78 is 25.5. The summed E-state index contributed by atoms with van der Waals surface area (Å²) in [5.74, 6) is 0.873. The minimum absolute atomic E-state index is 0.0191. The van der Waals surface area contributed by atoms with E-state index >= 15 is 0 Å². The second kappa shape index (κ2) is 9.91. The fourth-order valence-electron chi connectivity index (χ4n) is 4.62. The molecule has 2 aliphatic rings. The molecule has 8 heteroatoms. The summed E-state index contributed by atoms with van der Waals surface area (Å²) in [6.45, 7) is 7.31. The average molecular weight is 422 g/mol. The molecule has 2 fully saturated rings. The molecular weight excluding hydrogens is 386 g/mol. The highest BCUT2D eigenvalue weighted by molar-refractivity contribution is 7.88. The highest BCUT2D eigenvalue weighted by Gasteiger charge is 2.32. The number of guanidine groups is 1. The number of hydrogen-bond acceptors (Lipinski definition) is 4. The van der Waals surface area contributed by atoms with E-state index in [9.17, 15) is 8.42 Å². The molecule has 162 valence electrons. The van der Waals surface area contributed by atoms with E-state index in [1.807, 2.05) is 0 Å². The van der Waals surface area contributed by atoms with E-state index < -0.39 is 10.0 Å². The summed E-state index contributed by atoms with van der Waals surface area (Å²) in [5.41, 5.74) is 1.38. The summed E-state index contributed by atoms with van der Waals surface area (Å²) >= 11 is 0. The van der Waals surface area contributed by atoms with Crippen molar-refractivity contribution in [2.45, 2.75) is 38.3 Å². The van der Waals surface area contributed by atoms with Crippen LogP contribution in [0.4, 0.5) is 0 Å². The topological polar surface area (TPSA) is 68.2 Å². The molecule has 1 aromatic rings. The zero-order valence-electron chi connectivity index (χ0n) is 17.9. The fourth-order valence-corrected chi connectivity index (χ4v) is 5.80. The second-order valence-electron chi connectivity index (χ2n) is 7.96. The Morgan fingerprint density at radius 2 is 1.86 bits per heavy atom. The second-order valence-corrected chi connectivity index (χ2v) is 9.89. The van der Waals surface area contributed by atoms with Gasteiger partial charge in [0.2, 0.25) is 10.0 Å². The molecule has 0 spiro atoms. The van der Waals surface area contributed by atoms with Gasteiger partial charge in [0, 0.05) is 58.4 Å². The van der Waals surface area contributed by atoms with Gasteiger partial charge in [0.15, 0.2) is 5.96 Å². The molecule has 2 atom stereocenters. The standard InChI is InChI=1S/C21H35N5O2S/c1-4-20(18-9-6-5-7-10-18)24-13-15-25(16-14-24)21(22-2)23-17-19-11-8-12-26(19)29(3,27)28/h5-7,9-10,19-20H,4,8,11-17H2,1-3H3,(H,22,23)/t19-,20?/m1/s1. The molecule has 0 aliphatic carbocycles. The first-order valence-electron chi connectivity index (χ1n) is 10.7. The van der Waals surface area contributed by atoms with E-state index in [1.54, 1.807) is 11.4 Å². The monoisotopic (exact) mass is 421 g/mol. The van der Waals surface area contributed by atoms with E-state index in [1.165, 1.54) is 11.8 Å². The highest BCUT2D eigenvalue weighted by atomic mass is 32.2. The van der Waals surface area contributed by atoms with Crippen molar-refractivity contribution >= 4 is 16.0 Å². The Kier molecular flexibility index (Phi) is 7.54. The Balaban J connectivity index is 1.54. The van der Waals surface area contributed by atoms with Crippen LogP contribution in [0.1, 0.15) is 37.8 Å². The van der Waals surface area contributed by atoms with Crippen LogP contribution >= 0.6 is 0 Å². The summed E-state index contributed by atoms with van der Waals surface area (Å²) in [7, 11) is -1.34. The quantitative estimate of drug-likeness (QED) is 0.560. The lowest BCUT2D eigenvalue weighted by Gasteiger charge is -2.40. The molecular formula is C21H35N5O2S. The lowest BCUT2D eigenvalue weighted by molar-refractivity contribution is 0.126. The lowest BCUT2D eigenvalue weighted by Crippen LogP contribution is -2.54. The summed E-state index contributed by atoms with van der Waals surface area (Å²) in [4.78, 5) is 9.30. The third kappa shape index (κ3) is 5.49. The van der Waals surface area contributed by atoms with E-state index in [2.05, 4.69) is 57.4 Å². The Morgan fingerprint density at radius 3 is 2.45 bits per heavy atom. The van der Waals surface area contributed by atoms with E-state index in [0.717, 1.165) is 51.4 Å². The highest BCUT2D eigenvalue weighted by Crippen LogP contribution is 2.25. The van der Waals surface area contributed by atoms with Crippen molar-refractivity contribution in [2.24, 2.45) is 4.99 Å². The maximum absolute atomic E-state index is 12.0. The molecule has 0 radical (unpaired) electrons. The van der Waals surface area contributed by atoms with Crippen LogP contribution in [0.15, 0.2) is 35.3 Å². The van der Waals surface area contributed by atoms with Crippen molar-refractivity contribution in [1.29, 1.82) is 0 Å². The number of benzene rings is 1. The van der Waals surface area contributed by atoms with Crippen molar-refractivity contribution in [3.05, 3.63) is 35.9 Å². The van der Waals surface area contributed by atoms with Crippen molar-refractivity contribution in [3.8, 4) is 0 Å². The predicted molar refractivity (Wildman–Crippen MR) is 119 cm³/mol. The van der Waals surface area contributed by atoms with Crippen molar-refractivity contribution in [1.82, 2.24) is 19.4 Å². The summed E-state index contributed by atoms with van der Waals surface area (Å²) in [5, 5.41) is 3.42. The number of piperazine rings is 1. The minimum Gasteiger partial charge on any atom is -0.355 e. The number of nitrogens with one attached hydrogen (secondary N) is 1. The van der Waals surface area contributed by atoms with Crippen LogP contribution in [-0.2, 0) is 10.0 Å². The van der Waals surface area contributed by atoms with E-state index in [0.29, 0.717) is 19.1 Å². The third-order valence-electron chi connectivity index (χ3n) is 6.08. The molecule has 7 nitrogen and oxygen atoms in total. The van der Waals surface area contributed by atoms with Gasteiger partial charge in [0.1, 0.15) is 0 Å². The molecule has 0 aromatic heterocycles. The largest absolute Gasteiger partial charge is 0.355 e. The molecule has 3 rings (SSSR count). The smallest absolute Gasteiger partial charge is 0.211 e. The zero-order valence-corrected chi connectivity index (χ0v) is 18.7. The van der Waals surface area contributed by atoms with Crippen LogP contribution in [-0.4, -0.2) is 87.1 Å². The fraction of sp³-hybridized carbons (Fsp3) is 0.667. The molecule has 29 heavy (non-hydrogen) atoms. The predicted octanol–water partition coefficient (Wildman–Crippen LogP) is 1.75. The van der Waals surface area contributed by atoms with Gasteiger partial charge in [0.05, 0.1) is 6.26 Å². The molecule has 2 heterocycles. The Labute approximate surface area is 175 Å². The maximum Gasteiger partial charge on any atom is 0.211 e. The molecule has 1 N–H and O–H groups in total. The van der Waals surface area contributed by atoms with Gasteiger partial charge >= 0.3 is 0 Å². The molecule has 0 amide bonds. The van der Waals surface area contributed by atoms with Gasteiger partial charge in [-0.3, -0.25) is 9.89 Å². The van der Waals surface area contributed by atoms with E-state index in [-0.39, 0.29) is 6.04 Å². The zero-order chi connectivity index (χ0) is 20.9. The van der Waals surface area contributed by atoms with Crippen LogP contribution in [0.25, 0.3) is 0 Å². The van der Waals surface area contributed by atoms with E-state index in [4.69, 9.17) is 0 Å². The number of sulfonamides is 1. The molecule has 0 bridgehead atoms. The molecule has 1 unspecified atom stereocenters. The van der Waals surface area contributed by atoms with Gasteiger partial charge in [-0.25, -0.2) is 8.42 Å².